The Morgan fingerprint density at radius 2 is 1.72 bits per heavy atom. The van der Waals surface area contributed by atoms with Gasteiger partial charge in [0.15, 0.2) is 0 Å². The summed E-state index contributed by atoms with van der Waals surface area (Å²) in [6, 6.07) is 6.30. The Bertz CT molecular complexity index is 920. The van der Waals surface area contributed by atoms with Crippen LogP contribution in [0.1, 0.15) is 61.4 Å². The van der Waals surface area contributed by atoms with Gasteiger partial charge < -0.3 is 9.47 Å². The third-order valence-electron chi connectivity index (χ3n) is 5.02. The van der Waals surface area contributed by atoms with E-state index in [1.807, 2.05) is 20.8 Å². The van der Waals surface area contributed by atoms with Gasteiger partial charge in [0, 0.05) is 30.2 Å². The van der Waals surface area contributed by atoms with Crippen molar-refractivity contribution in [2.75, 3.05) is 13.6 Å². The molecule has 3 nitrogen and oxygen atoms in total. The second-order valence-corrected chi connectivity index (χ2v) is 9.46. The highest BCUT2D eigenvalue weighted by Gasteiger charge is 2.45. The van der Waals surface area contributed by atoms with E-state index in [0.717, 1.165) is 0 Å². The number of nitrogens with zero attached hydrogens (tertiary/aromatic N) is 2. The largest absolute Gasteiger partial charge is 0.431 e. The van der Waals surface area contributed by atoms with Crippen molar-refractivity contribution < 1.29 is 18.0 Å². The number of halogens is 4. The van der Waals surface area contributed by atoms with Gasteiger partial charge in [-0.25, -0.2) is 0 Å². The molecule has 1 aliphatic carbocycles. The molecular weight excluding hydrogens is 401 g/mol. The van der Waals surface area contributed by atoms with Crippen molar-refractivity contribution in [1.29, 1.82) is 0 Å². The molecule has 0 atom stereocenters. The maximum atomic E-state index is 14.0. The van der Waals surface area contributed by atoms with Gasteiger partial charge in [-0.05, 0) is 48.4 Å². The zero-order chi connectivity index (χ0) is 21.7. The number of hydrogen-bond acceptors (Lipinski definition) is 1. The van der Waals surface area contributed by atoms with Gasteiger partial charge in [-0.1, -0.05) is 44.5 Å². The number of amides is 1. The molecule has 29 heavy (non-hydrogen) atoms. The van der Waals surface area contributed by atoms with E-state index in [2.05, 4.69) is 0 Å². The van der Waals surface area contributed by atoms with E-state index < -0.39 is 17.8 Å². The normalized spacial score (nSPS) is 14.9. The predicted octanol–water partition coefficient (Wildman–Crippen LogP) is 6.59. The van der Waals surface area contributed by atoms with Gasteiger partial charge >= 0.3 is 6.18 Å². The summed E-state index contributed by atoms with van der Waals surface area (Å²) in [4.78, 5) is 15.0. The van der Waals surface area contributed by atoms with Crippen molar-refractivity contribution in [2.24, 2.45) is 5.41 Å². The van der Waals surface area contributed by atoms with E-state index >= 15 is 0 Å². The van der Waals surface area contributed by atoms with Crippen LogP contribution in [0.4, 0.5) is 13.2 Å². The molecule has 3 rings (SSSR count). The summed E-state index contributed by atoms with van der Waals surface area (Å²) < 4.78 is 43.4. The Morgan fingerprint density at radius 1 is 1.17 bits per heavy atom. The molecule has 0 aliphatic heterocycles. The van der Waals surface area contributed by atoms with Crippen molar-refractivity contribution in [3.05, 3.63) is 46.2 Å². The molecule has 0 saturated heterocycles. The third-order valence-corrected chi connectivity index (χ3v) is 5.28. The van der Waals surface area contributed by atoms with Crippen LogP contribution in [-0.2, 0) is 6.18 Å². The molecule has 2 aromatic rings. The van der Waals surface area contributed by atoms with Crippen LogP contribution in [0.15, 0.2) is 24.3 Å². The van der Waals surface area contributed by atoms with Gasteiger partial charge in [-0.2, -0.15) is 13.2 Å². The number of alkyl halides is 3. The first-order chi connectivity index (χ1) is 13.3. The van der Waals surface area contributed by atoms with Crippen LogP contribution >= 0.6 is 11.6 Å². The molecule has 1 aliphatic rings. The van der Waals surface area contributed by atoms with Gasteiger partial charge in [-0.3, -0.25) is 4.79 Å². The number of benzene rings is 1. The molecule has 7 heteroatoms. The smallest absolute Gasteiger partial charge is 0.340 e. The average molecular weight is 427 g/mol. The van der Waals surface area contributed by atoms with Crippen molar-refractivity contribution in [1.82, 2.24) is 9.47 Å². The van der Waals surface area contributed by atoms with E-state index in [4.69, 9.17) is 11.6 Å². The van der Waals surface area contributed by atoms with Gasteiger partial charge in [0.2, 0.25) is 0 Å². The number of carbonyl (C=O) groups is 1. The van der Waals surface area contributed by atoms with Crippen LogP contribution in [0.25, 0.3) is 11.1 Å². The van der Waals surface area contributed by atoms with E-state index in [1.165, 1.54) is 16.4 Å². The Kier molecular flexibility index (Phi) is 5.54. The predicted molar refractivity (Wildman–Crippen MR) is 109 cm³/mol. The highest BCUT2D eigenvalue weighted by Crippen LogP contribution is 2.48. The maximum Gasteiger partial charge on any atom is 0.431 e. The minimum absolute atomic E-state index is 0.0826. The molecule has 0 radical (unpaired) electrons. The highest BCUT2D eigenvalue weighted by molar-refractivity contribution is 6.30. The number of carbonyl (C=O) groups excluding carboxylic acids is 1. The third kappa shape index (κ3) is 4.47. The zero-order valence-electron chi connectivity index (χ0n) is 17.3. The molecule has 1 heterocycles. The van der Waals surface area contributed by atoms with Gasteiger partial charge in [-0.15, -0.1) is 0 Å². The van der Waals surface area contributed by atoms with Crippen molar-refractivity contribution >= 4 is 17.5 Å². The van der Waals surface area contributed by atoms with Crippen LogP contribution < -0.4 is 0 Å². The number of hydrogen-bond donors (Lipinski definition) is 0. The fraction of sp³-hybridized carbons (Fsp3) is 0.500. The molecule has 1 aromatic heterocycles. The molecule has 0 spiro atoms. The second kappa shape index (κ2) is 7.38. The minimum atomic E-state index is -4.55. The van der Waals surface area contributed by atoms with Gasteiger partial charge in [0.05, 0.1) is 0 Å². The van der Waals surface area contributed by atoms with Crippen LogP contribution in [-0.4, -0.2) is 29.0 Å². The van der Waals surface area contributed by atoms with Gasteiger partial charge in [0.25, 0.3) is 5.91 Å². The molecule has 158 valence electrons. The lowest BCUT2D eigenvalue weighted by atomic mass is 9.95. The van der Waals surface area contributed by atoms with Crippen LogP contribution in [0.2, 0.25) is 5.02 Å². The molecular formula is C22H26ClF3N2O. The standard InChI is InChI=1S/C22H26ClF3N2O/c1-13-17(14-6-8-15(23)9-7-14)18(20(29)27(5)12-21(2,3)4)28(16-10-11-16)19(13)22(24,25)26/h6-9,16H,10-12H2,1-5H3. The molecule has 1 saturated carbocycles. The minimum Gasteiger partial charge on any atom is -0.340 e. The zero-order valence-corrected chi connectivity index (χ0v) is 18.1. The van der Waals surface area contributed by atoms with E-state index in [0.29, 0.717) is 35.5 Å². The first-order valence-electron chi connectivity index (χ1n) is 9.64. The van der Waals surface area contributed by atoms with Crippen LogP contribution in [0.3, 0.4) is 0 Å². The SMILES string of the molecule is Cc1c(-c2ccc(Cl)cc2)c(C(=O)N(C)CC(C)(C)C)n(C2CC2)c1C(F)(F)F. The Balaban J connectivity index is 2.26. The van der Waals surface area contributed by atoms with E-state index in [9.17, 15) is 18.0 Å². The Morgan fingerprint density at radius 3 is 2.17 bits per heavy atom. The van der Waals surface area contributed by atoms with Crippen LogP contribution in [0, 0.1) is 12.3 Å². The van der Waals surface area contributed by atoms with Crippen molar-refractivity contribution in [2.45, 2.75) is 52.8 Å². The second-order valence-electron chi connectivity index (χ2n) is 9.02. The summed E-state index contributed by atoms with van der Waals surface area (Å²) >= 11 is 5.97. The monoisotopic (exact) mass is 426 g/mol. The molecule has 0 bridgehead atoms. The van der Waals surface area contributed by atoms with E-state index in [-0.39, 0.29) is 22.7 Å². The molecule has 1 fully saturated rings. The summed E-state index contributed by atoms with van der Waals surface area (Å²) in [6.07, 6.45) is -3.27. The van der Waals surface area contributed by atoms with Crippen molar-refractivity contribution in [3.63, 3.8) is 0 Å². The first kappa shape index (κ1) is 21.8. The Labute approximate surface area is 174 Å². The van der Waals surface area contributed by atoms with Gasteiger partial charge in [0.1, 0.15) is 11.4 Å². The summed E-state index contributed by atoms with van der Waals surface area (Å²) in [5.74, 6) is -0.393. The molecule has 0 N–H and O–H groups in total. The number of rotatable bonds is 4. The topological polar surface area (TPSA) is 25.2 Å². The maximum absolute atomic E-state index is 14.0. The lowest BCUT2D eigenvalue weighted by Gasteiger charge is -2.27. The quantitative estimate of drug-likeness (QED) is 0.541. The average Bonchev–Trinajstić information content (AvgIpc) is 3.36. The lowest BCUT2D eigenvalue weighted by Crippen LogP contribution is -2.36. The molecule has 0 unspecified atom stereocenters. The number of aromatic nitrogens is 1. The lowest BCUT2D eigenvalue weighted by molar-refractivity contribution is -0.144. The molecule has 1 amide bonds. The fourth-order valence-electron chi connectivity index (χ4n) is 3.90. The van der Waals surface area contributed by atoms with E-state index in [1.54, 1.807) is 31.3 Å². The summed E-state index contributed by atoms with van der Waals surface area (Å²) in [5.41, 5.74) is 0.197. The fourth-order valence-corrected chi connectivity index (χ4v) is 4.03. The summed E-state index contributed by atoms with van der Waals surface area (Å²) in [6.45, 7) is 7.85. The van der Waals surface area contributed by atoms with Crippen LogP contribution in [0.5, 0.6) is 0 Å². The molecule has 1 aromatic carbocycles. The highest BCUT2D eigenvalue weighted by atomic mass is 35.5. The van der Waals surface area contributed by atoms with Crippen molar-refractivity contribution in [3.8, 4) is 11.1 Å². The summed E-state index contributed by atoms with van der Waals surface area (Å²) in [5, 5.41) is 0.488. The first-order valence-corrected chi connectivity index (χ1v) is 10.0. The summed E-state index contributed by atoms with van der Waals surface area (Å²) in [7, 11) is 1.64. The Hall–Kier alpha value is -1.95.